The summed E-state index contributed by atoms with van der Waals surface area (Å²) < 4.78 is 0. The van der Waals surface area contributed by atoms with E-state index in [-0.39, 0.29) is 17.6 Å². The third-order valence-corrected chi connectivity index (χ3v) is 6.21. The Morgan fingerprint density at radius 1 is 1.12 bits per heavy atom. The monoisotopic (exact) mass is 342 g/mol. The van der Waals surface area contributed by atoms with Gasteiger partial charge in [0.1, 0.15) is 0 Å². The van der Waals surface area contributed by atoms with Crippen LogP contribution < -0.4 is 5.32 Å². The zero-order valence-electron chi connectivity index (χ0n) is 15.5. The Kier molecular flexibility index (Phi) is 5.87. The molecular weight excluding hydrogens is 312 g/mol. The van der Waals surface area contributed by atoms with E-state index < -0.39 is 0 Å². The van der Waals surface area contributed by atoms with Crippen molar-refractivity contribution in [1.82, 2.24) is 4.98 Å². The smallest absolute Gasteiger partial charge is 0.227 e. The predicted octanol–water partition coefficient (Wildman–Crippen LogP) is 4.86. The SMILES string of the molecule is CC(=O)c1cnccc1NC(=O)[C@@H]1CC[C@@H](C)C[C@H]1C1CCCCC1. The number of pyridine rings is 1. The number of nitrogens with one attached hydrogen (secondary N) is 1. The average molecular weight is 342 g/mol. The second kappa shape index (κ2) is 8.11. The average Bonchev–Trinajstić information content (AvgIpc) is 2.62. The van der Waals surface area contributed by atoms with E-state index in [9.17, 15) is 9.59 Å². The van der Waals surface area contributed by atoms with E-state index in [0.717, 1.165) is 12.8 Å². The molecule has 0 aromatic carbocycles. The summed E-state index contributed by atoms with van der Waals surface area (Å²) in [5, 5.41) is 3.05. The molecule has 1 amide bonds. The molecule has 3 rings (SSSR count). The molecule has 0 aliphatic heterocycles. The molecule has 2 aliphatic rings. The molecule has 4 nitrogen and oxygen atoms in total. The van der Waals surface area contributed by atoms with Gasteiger partial charge in [0.15, 0.2) is 5.78 Å². The largest absolute Gasteiger partial charge is 0.325 e. The maximum atomic E-state index is 13.1. The van der Waals surface area contributed by atoms with E-state index in [2.05, 4.69) is 17.2 Å². The van der Waals surface area contributed by atoms with Gasteiger partial charge < -0.3 is 5.32 Å². The lowest BCUT2D eigenvalue weighted by atomic mass is 9.65. The fraction of sp³-hybridized carbons (Fsp3) is 0.667. The van der Waals surface area contributed by atoms with Gasteiger partial charge in [0.25, 0.3) is 0 Å². The molecule has 136 valence electrons. The number of aromatic nitrogens is 1. The van der Waals surface area contributed by atoms with E-state index in [1.165, 1.54) is 45.4 Å². The Balaban J connectivity index is 1.76. The van der Waals surface area contributed by atoms with Crippen molar-refractivity contribution >= 4 is 17.4 Å². The molecule has 2 aliphatic carbocycles. The molecule has 0 spiro atoms. The van der Waals surface area contributed by atoms with E-state index in [1.54, 1.807) is 18.5 Å². The number of amides is 1. The zero-order chi connectivity index (χ0) is 17.8. The van der Waals surface area contributed by atoms with Crippen molar-refractivity contribution in [2.45, 2.75) is 65.2 Å². The first kappa shape index (κ1) is 18.1. The number of hydrogen-bond donors (Lipinski definition) is 1. The Bertz CT molecular complexity index is 622. The first-order chi connectivity index (χ1) is 12.1. The van der Waals surface area contributed by atoms with Gasteiger partial charge in [-0.15, -0.1) is 0 Å². The van der Waals surface area contributed by atoms with Crippen LogP contribution in [0.25, 0.3) is 0 Å². The molecule has 0 bridgehead atoms. The summed E-state index contributed by atoms with van der Waals surface area (Å²) in [7, 11) is 0. The Morgan fingerprint density at radius 2 is 1.88 bits per heavy atom. The number of Topliss-reactive ketones (excluding diaryl/α,β-unsaturated/α-hetero) is 1. The van der Waals surface area contributed by atoms with E-state index >= 15 is 0 Å². The van der Waals surface area contributed by atoms with Crippen LogP contribution in [0.3, 0.4) is 0 Å². The number of rotatable bonds is 4. The van der Waals surface area contributed by atoms with Crippen LogP contribution in [0, 0.1) is 23.7 Å². The van der Waals surface area contributed by atoms with Gasteiger partial charge in [0.2, 0.25) is 5.91 Å². The first-order valence-electron chi connectivity index (χ1n) is 9.82. The fourth-order valence-electron chi connectivity index (χ4n) is 4.84. The normalized spacial score (nSPS) is 27.7. The number of carbonyl (C=O) groups is 2. The van der Waals surface area contributed by atoms with Gasteiger partial charge in [-0.25, -0.2) is 0 Å². The number of hydrogen-bond acceptors (Lipinski definition) is 3. The van der Waals surface area contributed by atoms with Crippen molar-refractivity contribution in [2.75, 3.05) is 5.32 Å². The van der Waals surface area contributed by atoms with Crippen molar-refractivity contribution in [3.63, 3.8) is 0 Å². The maximum absolute atomic E-state index is 13.1. The Morgan fingerprint density at radius 3 is 2.60 bits per heavy atom. The van der Waals surface area contributed by atoms with Crippen LogP contribution >= 0.6 is 0 Å². The predicted molar refractivity (Wildman–Crippen MR) is 99.4 cm³/mol. The van der Waals surface area contributed by atoms with Gasteiger partial charge in [-0.2, -0.15) is 0 Å². The summed E-state index contributed by atoms with van der Waals surface area (Å²) in [6.45, 7) is 3.83. The molecule has 1 aromatic heterocycles. The molecule has 1 heterocycles. The molecule has 0 unspecified atom stereocenters. The highest BCUT2D eigenvalue weighted by Crippen LogP contribution is 2.43. The van der Waals surface area contributed by atoms with Gasteiger partial charge in [-0.1, -0.05) is 39.0 Å². The summed E-state index contributed by atoms with van der Waals surface area (Å²) in [5.74, 6) is 2.00. The van der Waals surface area contributed by atoms with Gasteiger partial charge >= 0.3 is 0 Å². The fourth-order valence-corrected chi connectivity index (χ4v) is 4.84. The Labute approximate surface area is 150 Å². The number of anilines is 1. The number of ketones is 1. The van der Waals surface area contributed by atoms with Crippen LogP contribution in [-0.2, 0) is 4.79 Å². The first-order valence-corrected chi connectivity index (χ1v) is 9.82. The summed E-state index contributed by atoms with van der Waals surface area (Å²) in [6, 6.07) is 1.73. The van der Waals surface area contributed by atoms with Crippen molar-refractivity contribution < 1.29 is 9.59 Å². The van der Waals surface area contributed by atoms with Crippen LogP contribution in [0.4, 0.5) is 5.69 Å². The second-order valence-corrected chi connectivity index (χ2v) is 8.05. The van der Waals surface area contributed by atoms with Crippen LogP contribution in [0.2, 0.25) is 0 Å². The van der Waals surface area contributed by atoms with Crippen molar-refractivity contribution in [3.05, 3.63) is 24.0 Å². The van der Waals surface area contributed by atoms with E-state index in [0.29, 0.717) is 29.0 Å². The highest BCUT2D eigenvalue weighted by Gasteiger charge is 2.38. The van der Waals surface area contributed by atoms with Crippen LogP contribution in [-0.4, -0.2) is 16.7 Å². The van der Waals surface area contributed by atoms with Gasteiger partial charge in [0.05, 0.1) is 11.3 Å². The summed E-state index contributed by atoms with van der Waals surface area (Å²) in [5.41, 5.74) is 1.10. The van der Waals surface area contributed by atoms with Crippen molar-refractivity contribution in [1.29, 1.82) is 0 Å². The Hall–Kier alpha value is -1.71. The summed E-state index contributed by atoms with van der Waals surface area (Å²) >= 11 is 0. The van der Waals surface area contributed by atoms with E-state index in [1.807, 2.05) is 0 Å². The quantitative estimate of drug-likeness (QED) is 0.795. The summed E-state index contributed by atoms with van der Waals surface area (Å²) in [4.78, 5) is 28.9. The molecule has 0 radical (unpaired) electrons. The molecule has 1 aromatic rings. The number of nitrogens with zero attached hydrogens (tertiary/aromatic N) is 1. The minimum Gasteiger partial charge on any atom is -0.325 e. The van der Waals surface area contributed by atoms with Crippen LogP contribution in [0.5, 0.6) is 0 Å². The van der Waals surface area contributed by atoms with E-state index in [4.69, 9.17) is 0 Å². The molecule has 2 fully saturated rings. The molecular formula is C21H30N2O2. The highest BCUT2D eigenvalue weighted by atomic mass is 16.2. The molecule has 0 saturated heterocycles. The standard InChI is InChI=1S/C21H30N2O2/c1-14-8-9-17(18(12-14)16-6-4-3-5-7-16)21(25)23-20-10-11-22-13-19(20)15(2)24/h10-11,13-14,16-18H,3-9,12H2,1-2H3,(H,22,23,25)/t14-,17-,18+/m1/s1. The van der Waals surface area contributed by atoms with Gasteiger partial charge in [-0.3, -0.25) is 14.6 Å². The van der Waals surface area contributed by atoms with Crippen LogP contribution in [0.1, 0.15) is 75.6 Å². The van der Waals surface area contributed by atoms with Crippen molar-refractivity contribution in [2.24, 2.45) is 23.7 Å². The zero-order valence-corrected chi connectivity index (χ0v) is 15.5. The third kappa shape index (κ3) is 4.28. The highest BCUT2D eigenvalue weighted by molar-refractivity contribution is 6.03. The molecule has 1 N–H and O–H groups in total. The maximum Gasteiger partial charge on any atom is 0.227 e. The molecule has 2 saturated carbocycles. The molecule has 25 heavy (non-hydrogen) atoms. The molecule has 4 heteroatoms. The topological polar surface area (TPSA) is 59.1 Å². The number of carbonyl (C=O) groups excluding carboxylic acids is 2. The third-order valence-electron chi connectivity index (χ3n) is 6.21. The molecule has 3 atom stereocenters. The lowest BCUT2D eigenvalue weighted by Crippen LogP contribution is -2.38. The minimum absolute atomic E-state index is 0.0653. The van der Waals surface area contributed by atoms with Gasteiger partial charge in [-0.05, 0) is 50.0 Å². The second-order valence-electron chi connectivity index (χ2n) is 8.05. The lowest BCUT2D eigenvalue weighted by Gasteiger charge is -2.40. The van der Waals surface area contributed by atoms with Gasteiger partial charge in [0, 0.05) is 18.3 Å². The van der Waals surface area contributed by atoms with Crippen molar-refractivity contribution in [3.8, 4) is 0 Å². The summed E-state index contributed by atoms with van der Waals surface area (Å²) in [6.07, 6.45) is 12.9. The lowest BCUT2D eigenvalue weighted by molar-refractivity contribution is -0.124. The van der Waals surface area contributed by atoms with Crippen LogP contribution in [0.15, 0.2) is 18.5 Å². The minimum atomic E-state index is -0.0653.